The quantitative estimate of drug-likeness (QED) is 0.780. The number of aliphatic hydroxyl groups excluding tert-OH is 1. The second kappa shape index (κ2) is 6.31. The van der Waals surface area contributed by atoms with E-state index in [1.54, 1.807) is 6.92 Å². The van der Waals surface area contributed by atoms with Crippen LogP contribution >= 0.6 is 15.9 Å². The van der Waals surface area contributed by atoms with Crippen LogP contribution in [0.15, 0.2) is 28.7 Å². The van der Waals surface area contributed by atoms with E-state index in [-0.39, 0.29) is 12.5 Å². The molecule has 0 spiro atoms. The van der Waals surface area contributed by atoms with Crippen LogP contribution in [-0.4, -0.2) is 29.2 Å². The van der Waals surface area contributed by atoms with E-state index in [4.69, 9.17) is 0 Å². The van der Waals surface area contributed by atoms with Gasteiger partial charge in [0.25, 0.3) is 0 Å². The fraction of sp³-hybridized carbons (Fsp3) is 0.462. The maximum atomic E-state index is 11.7. The van der Waals surface area contributed by atoms with Gasteiger partial charge in [-0.3, -0.25) is 4.79 Å². The summed E-state index contributed by atoms with van der Waals surface area (Å²) in [6, 6.07) is 7.40. The molecule has 0 radical (unpaired) electrons. The molecule has 0 bridgehead atoms. The molecule has 18 heavy (non-hydrogen) atoms. The lowest BCUT2D eigenvalue weighted by molar-refractivity contribution is -0.115. The number of carbonyl (C=O) groups excluding carboxylic acids is 1. The van der Waals surface area contributed by atoms with Crippen molar-refractivity contribution < 1.29 is 9.90 Å². The third kappa shape index (κ3) is 4.76. The lowest BCUT2D eigenvalue weighted by atomic mass is 9.99. The topological polar surface area (TPSA) is 61.4 Å². The van der Waals surface area contributed by atoms with Gasteiger partial charge in [0.1, 0.15) is 0 Å². The molecule has 3 N–H and O–H groups in total. The SMILES string of the molecule is CC(O)C(C)(C)NCC(=O)Nc1cccc(Br)c1. The summed E-state index contributed by atoms with van der Waals surface area (Å²) in [5.41, 5.74) is 0.250. The summed E-state index contributed by atoms with van der Waals surface area (Å²) in [5.74, 6) is -0.137. The minimum Gasteiger partial charge on any atom is -0.392 e. The Morgan fingerprint density at radius 1 is 1.50 bits per heavy atom. The second-order valence-electron chi connectivity index (χ2n) is 4.81. The largest absolute Gasteiger partial charge is 0.392 e. The van der Waals surface area contributed by atoms with Crippen LogP contribution in [0.5, 0.6) is 0 Å². The molecule has 1 unspecified atom stereocenters. The number of hydrogen-bond donors (Lipinski definition) is 3. The number of rotatable bonds is 5. The first-order valence-corrected chi connectivity index (χ1v) is 6.59. The van der Waals surface area contributed by atoms with Crippen molar-refractivity contribution >= 4 is 27.5 Å². The molecule has 0 aromatic heterocycles. The first-order chi connectivity index (χ1) is 8.31. The molecule has 0 saturated heterocycles. The van der Waals surface area contributed by atoms with Crippen LogP contribution in [0.2, 0.25) is 0 Å². The predicted molar refractivity (Wildman–Crippen MR) is 76.5 cm³/mol. The van der Waals surface area contributed by atoms with E-state index in [0.29, 0.717) is 0 Å². The third-order valence-corrected chi connectivity index (χ3v) is 3.35. The standard InChI is InChI=1S/C13H19BrN2O2/c1-9(17)13(2,3)15-8-12(18)16-11-6-4-5-10(14)7-11/h4-7,9,15,17H,8H2,1-3H3,(H,16,18). The first-order valence-electron chi connectivity index (χ1n) is 5.80. The summed E-state index contributed by atoms with van der Waals surface area (Å²) in [6.07, 6.45) is -0.531. The van der Waals surface area contributed by atoms with E-state index < -0.39 is 11.6 Å². The zero-order valence-corrected chi connectivity index (χ0v) is 12.4. The Balaban J connectivity index is 2.48. The van der Waals surface area contributed by atoms with Gasteiger partial charge in [-0.2, -0.15) is 0 Å². The molecule has 100 valence electrons. The van der Waals surface area contributed by atoms with Crippen LogP contribution in [0.3, 0.4) is 0 Å². The number of amides is 1. The Kier molecular flexibility index (Phi) is 5.31. The highest BCUT2D eigenvalue weighted by atomic mass is 79.9. The maximum absolute atomic E-state index is 11.7. The molecule has 0 aliphatic carbocycles. The van der Waals surface area contributed by atoms with Crippen molar-refractivity contribution in [2.75, 3.05) is 11.9 Å². The minimum atomic E-state index is -0.531. The van der Waals surface area contributed by atoms with Crippen LogP contribution in [0.25, 0.3) is 0 Å². The highest BCUT2D eigenvalue weighted by molar-refractivity contribution is 9.10. The molecule has 0 aliphatic rings. The Labute approximate surface area is 116 Å². The summed E-state index contributed by atoms with van der Waals surface area (Å²) >= 11 is 3.34. The number of anilines is 1. The number of halogens is 1. The molecule has 0 heterocycles. The van der Waals surface area contributed by atoms with Crippen molar-refractivity contribution in [1.82, 2.24) is 5.32 Å². The molecular formula is C13H19BrN2O2. The van der Waals surface area contributed by atoms with Crippen LogP contribution in [0.4, 0.5) is 5.69 Å². The van der Waals surface area contributed by atoms with E-state index >= 15 is 0 Å². The van der Waals surface area contributed by atoms with Gasteiger partial charge >= 0.3 is 0 Å². The number of hydrogen-bond acceptors (Lipinski definition) is 3. The summed E-state index contributed by atoms with van der Waals surface area (Å²) in [4.78, 5) is 11.7. The molecule has 4 nitrogen and oxygen atoms in total. The fourth-order valence-electron chi connectivity index (χ4n) is 1.23. The second-order valence-corrected chi connectivity index (χ2v) is 5.73. The average Bonchev–Trinajstić information content (AvgIpc) is 2.26. The van der Waals surface area contributed by atoms with Gasteiger partial charge in [-0.1, -0.05) is 22.0 Å². The van der Waals surface area contributed by atoms with Crippen molar-refractivity contribution in [2.24, 2.45) is 0 Å². The van der Waals surface area contributed by atoms with Gasteiger partial charge in [-0.25, -0.2) is 0 Å². The van der Waals surface area contributed by atoms with Crippen LogP contribution in [0.1, 0.15) is 20.8 Å². The van der Waals surface area contributed by atoms with E-state index in [9.17, 15) is 9.90 Å². The third-order valence-electron chi connectivity index (χ3n) is 2.86. The zero-order valence-electron chi connectivity index (χ0n) is 10.8. The number of benzene rings is 1. The molecule has 1 aromatic carbocycles. The van der Waals surface area contributed by atoms with E-state index in [1.165, 1.54) is 0 Å². The lowest BCUT2D eigenvalue weighted by Gasteiger charge is -2.29. The van der Waals surface area contributed by atoms with E-state index in [0.717, 1.165) is 10.2 Å². The zero-order chi connectivity index (χ0) is 13.8. The smallest absolute Gasteiger partial charge is 0.238 e. The summed E-state index contributed by atoms with van der Waals surface area (Å²) in [7, 11) is 0. The summed E-state index contributed by atoms with van der Waals surface area (Å²) in [5, 5.41) is 15.3. The van der Waals surface area contributed by atoms with Gasteiger partial charge in [0.15, 0.2) is 0 Å². The molecule has 1 aromatic rings. The van der Waals surface area contributed by atoms with Crippen LogP contribution in [-0.2, 0) is 4.79 Å². The fourth-order valence-corrected chi connectivity index (χ4v) is 1.63. The molecule has 1 rings (SSSR count). The van der Waals surface area contributed by atoms with Gasteiger partial charge in [-0.05, 0) is 39.0 Å². The minimum absolute atomic E-state index is 0.137. The normalized spacial score (nSPS) is 13.2. The average molecular weight is 315 g/mol. The van der Waals surface area contributed by atoms with Crippen LogP contribution in [0, 0.1) is 0 Å². The molecule has 1 amide bonds. The molecule has 1 atom stereocenters. The van der Waals surface area contributed by atoms with Gasteiger partial charge < -0.3 is 15.7 Å². The van der Waals surface area contributed by atoms with E-state index in [2.05, 4.69) is 26.6 Å². The van der Waals surface area contributed by atoms with Crippen molar-refractivity contribution in [2.45, 2.75) is 32.4 Å². The van der Waals surface area contributed by atoms with Crippen molar-refractivity contribution in [3.05, 3.63) is 28.7 Å². The molecule has 0 fully saturated rings. The molecular weight excluding hydrogens is 296 g/mol. The molecule has 0 saturated carbocycles. The van der Waals surface area contributed by atoms with Gasteiger partial charge in [0.05, 0.1) is 12.6 Å². The number of nitrogens with one attached hydrogen (secondary N) is 2. The lowest BCUT2D eigenvalue weighted by Crippen LogP contribution is -2.50. The summed E-state index contributed by atoms with van der Waals surface area (Å²) < 4.78 is 0.914. The number of carbonyl (C=O) groups is 1. The molecule has 0 aliphatic heterocycles. The van der Waals surface area contributed by atoms with Crippen molar-refractivity contribution in [3.8, 4) is 0 Å². The predicted octanol–water partition coefficient (Wildman–Crippen LogP) is 2.14. The van der Waals surface area contributed by atoms with Crippen LogP contribution < -0.4 is 10.6 Å². The maximum Gasteiger partial charge on any atom is 0.238 e. The Hall–Kier alpha value is -0.910. The van der Waals surface area contributed by atoms with Crippen molar-refractivity contribution in [1.29, 1.82) is 0 Å². The van der Waals surface area contributed by atoms with Gasteiger partial charge in [0.2, 0.25) is 5.91 Å². The number of aliphatic hydroxyl groups is 1. The van der Waals surface area contributed by atoms with Gasteiger partial charge in [0, 0.05) is 15.7 Å². The Bertz CT molecular complexity index is 419. The first kappa shape index (κ1) is 15.1. The molecule has 5 heteroatoms. The Morgan fingerprint density at radius 3 is 2.72 bits per heavy atom. The monoisotopic (exact) mass is 314 g/mol. The highest BCUT2D eigenvalue weighted by Crippen LogP contribution is 2.15. The highest BCUT2D eigenvalue weighted by Gasteiger charge is 2.23. The Morgan fingerprint density at radius 2 is 2.17 bits per heavy atom. The van der Waals surface area contributed by atoms with E-state index in [1.807, 2.05) is 38.1 Å². The van der Waals surface area contributed by atoms with Gasteiger partial charge in [-0.15, -0.1) is 0 Å². The van der Waals surface area contributed by atoms with Crippen molar-refractivity contribution in [3.63, 3.8) is 0 Å². The summed E-state index contributed by atoms with van der Waals surface area (Å²) in [6.45, 7) is 5.55.